The fourth-order valence-corrected chi connectivity index (χ4v) is 4.13. The van der Waals surface area contributed by atoms with Gasteiger partial charge >= 0.3 is 0 Å². The van der Waals surface area contributed by atoms with E-state index in [1.165, 1.54) is 25.7 Å². The van der Waals surface area contributed by atoms with Gasteiger partial charge in [-0.15, -0.1) is 0 Å². The molecule has 2 saturated carbocycles. The summed E-state index contributed by atoms with van der Waals surface area (Å²) in [6.45, 7) is 3.06. The summed E-state index contributed by atoms with van der Waals surface area (Å²) >= 11 is 0. The minimum Gasteiger partial charge on any atom is -0.393 e. The number of nitrogens with zero attached hydrogens (tertiary/aromatic N) is 2. The maximum absolute atomic E-state index is 10.3. The third-order valence-electron chi connectivity index (χ3n) is 5.02. The second-order valence-corrected chi connectivity index (χ2v) is 6.16. The molecule has 4 atom stereocenters. The molecule has 2 aliphatic rings. The van der Waals surface area contributed by atoms with Crippen LogP contribution < -0.4 is 0 Å². The molecule has 0 aliphatic heterocycles. The van der Waals surface area contributed by atoms with E-state index in [-0.39, 0.29) is 6.10 Å². The van der Waals surface area contributed by atoms with E-state index in [0.29, 0.717) is 6.42 Å². The zero-order valence-corrected chi connectivity index (χ0v) is 11.3. The number of hydrogen-bond acceptors (Lipinski definition) is 2. The van der Waals surface area contributed by atoms with Gasteiger partial charge in [-0.1, -0.05) is 6.42 Å². The normalized spacial score (nSPS) is 32.0. The number of rotatable bonds is 5. The number of fused-ring (bicyclic) bond motifs is 2. The molecule has 1 N–H and O–H groups in total. The Morgan fingerprint density at radius 1 is 1.44 bits per heavy atom. The van der Waals surface area contributed by atoms with Gasteiger partial charge in [-0.3, -0.25) is 0 Å². The number of hydrogen-bond donors (Lipinski definition) is 1. The van der Waals surface area contributed by atoms with E-state index >= 15 is 0 Å². The Hall–Kier alpha value is -0.830. The lowest BCUT2D eigenvalue weighted by Crippen LogP contribution is -2.21. The van der Waals surface area contributed by atoms with Crippen LogP contribution in [0, 0.1) is 17.8 Å². The van der Waals surface area contributed by atoms with Crippen LogP contribution in [0.2, 0.25) is 0 Å². The minimum absolute atomic E-state index is 0.206. The molecular formula is C15H24N2O. The second-order valence-electron chi connectivity index (χ2n) is 6.16. The standard InChI is InChI=1S/C15H24N2O/c1-2-17-6-5-16-15(17)10-14(18)9-13-8-11-3-4-12(13)7-11/h5-6,11-14,18H,2-4,7-10H2,1H3. The lowest BCUT2D eigenvalue weighted by molar-refractivity contribution is 0.122. The van der Waals surface area contributed by atoms with Gasteiger partial charge in [0, 0.05) is 25.4 Å². The Labute approximate surface area is 109 Å². The number of aryl methyl sites for hydroxylation is 1. The van der Waals surface area contributed by atoms with Gasteiger partial charge in [0.2, 0.25) is 0 Å². The van der Waals surface area contributed by atoms with Crippen molar-refractivity contribution < 1.29 is 5.11 Å². The van der Waals surface area contributed by atoms with Gasteiger partial charge in [-0.2, -0.15) is 0 Å². The highest BCUT2D eigenvalue weighted by atomic mass is 16.3. The van der Waals surface area contributed by atoms with Crippen molar-refractivity contribution in [3.05, 3.63) is 18.2 Å². The molecule has 3 rings (SSSR count). The van der Waals surface area contributed by atoms with Crippen molar-refractivity contribution in [2.45, 2.75) is 58.1 Å². The van der Waals surface area contributed by atoms with Crippen LogP contribution in [0.5, 0.6) is 0 Å². The van der Waals surface area contributed by atoms with Gasteiger partial charge in [0.15, 0.2) is 0 Å². The van der Waals surface area contributed by atoms with Crippen molar-refractivity contribution in [2.24, 2.45) is 17.8 Å². The van der Waals surface area contributed by atoms with Crippen molar-refractivity contribution >= 4 is 0 Å². The molecule has 100 valence electrons. The molecule has 2 aliphatic carbocycles. The summed E-state index contributed by atoms with van der Waals surface area (Å²) in [7, 11) is 0. The molecule has 3 heteroatoms. The van der Waals surface area contributed by atoms with Crippen molar-refractivity contribution in [1.82, 2.24) is 9.55 Å². The summed E-state index contributed by atoms with van der Waals surface area (Å²) in [4.78, 5) is 4.35. The average Bonchev–Trinajstić information content (AvgIpc) is 3.04. The molecule has 1 aromatic rings. The van der Waals surface area contributed by atoms with E-state index in [0.717, 1.165) is 36.5 Å². The van der Waals surface area contributed by atoms with E-state index < -0.39 is 0 Å². The third-order valence-corrected chi connectivity index (χ3v) is 5.02. The van der Waals surface area contributed by atoms with Crippen LogP contribution in [0.1, 0.15) is 44.9 Å². The van der Waals surface area contributed by atoms with Crippen LogP contribution in [0.3, 0.4) is 0 Å². The SMILES string of the molecule is CCn1ccnc1CC(O)CC1CC2CCC1C2. The summed E-state index contributed by atoms with van der Waals surface area (Å²) < 4.78 is 2.13. The van der Waals surface area contributed by atoms with Crippen LogP contribution in [-0.4, -0.2) is 20.8 Å². The monoisotopic (exact) mass is 248 g/mol. The Bertz CT molecular complexity index is 401. The van der Waals surface area contributed by atoms with Crippen molar-refractivity contribution in [3.63, 3.8) is 0 Å². The molecule has 0 spiro atoms. The summed E-state index contributed by atoms with van der Waals surface area (Å²) in [5.41, 5.74) is 0. The van der Waals surface area contributed by atoms with Crippen LogP contribution in [0.25, 0.3) is 0 Å². The number of aliphatic hydroxyl groups excluding tert-OH is 1. The fourth-order valence-electron chi connectivity index (χ4n) is 4.13. The third kappa shape index (κ3) is 2.33. The van der Waals surface area contributed by atoms with E-state index in [2.05, 4.69) is 16.5 Å². The minimum atomic E-state index is -0.206. The van der Waals surface area contributed by atoms with Crippen molar-refractivity contribution in [1.29, 1.82) is 0 Å². The molecule has 0 aromatic carbocycles. The highest BCUT2D eigenvalue weighted by Crippen LogP contribution is 2.49. The van der Waals surface area contributed by atoms with Crippen LogP contribution in [0.4, 0.5) is 0 Å². The van der Waals surface area contributed by atoms with Crippen molar-refractivity contribution in [2.75, 3.05) is 0 Å². The quantitative estimate of drug-likeness (QED) is 0.870. The Kier molecular flexibility index (Phi) is 3.42. The zero-order valence-electron chi connectivity index (χ0n) is 11.3. The molecular weight excluding hydrogens is 224 g/mol. The molecule has 0 amide bonds. The molecule has 1 aromatic heterocycles. The molecule has 18 heavy (non-hydrogen) atoms. The first-order chi connectivity index (χ1) is 8.76. The Morgan fingerprint density at radius 2 is 2.33 bits per heavy atom. The predicted molar refractivity (Wildman–Crippen MR) is 71.2 cm³/mol. The first kappa shape index (κ1) is 12.2. The molecule has 0 saturated heterocycles. The Morgan fingerprint density at radius 3 is 3.00 bits per heavy atom. The fraction of sp³-hybridized carbons (Fsp3) is 0.800. The first-order valence-corrected chi connectivity index (χ1v) is 7.44. The lowest BCUT2D eigenvalue weighted by Gasteiger charge is -2.24. The lowest BCUT2D eigenvalue weighted by atomic mass is 9.84. The Balaban J connectivity index is 1.54. The zero-order chi connectivity index (χ0) is 12.5. The number of imidazole rings is 1. The largest absolute Gasteiger partial charge is 0.393 e. The highest BCUT2D eigenvalue weighted by Gasteiger charge is 2.39. The van der Waals surface area contributed by atoms with Crippen molar-refractivity contribution in [3.8, 4) is 0 Å². The smallest absolute Gasteiger partial charge is 0.111 e. The van der Waals surface area contributed by atoms with Crippen LogP contribution in [0.15, 0.2) is 12.4 Å². The molecule has 3 nitrogen and oxygen atoms in total. The molecule has 2 fully saturated rings. The molecule has 0 radical (unpaired) electrons. The topological polar surface area (TPSA) is 38.0 Å². The number of aliphatic hydroxyl groups is 1. The molecule has 1 heterocycles. The predicted octanol–water partition coefficient (Wildman–Crippen LogP) is 2.63. The van der Waals surface area contributed by atoms with E-state index in [9.17, 15) is 5.11 Å². The van der Waals surface area contributed by atoms with E-state index in [1.807, 2.05) is 12.4 Å². The first-order valence-electron chi connectivity index (χ1n) is 7.44. The van der Waals surface area contributed by atoms with Gasteiger partial charge in [0.25, 0.3) is 0 Å². The van der Waals surface area contributed by atoms with E-state index in [4.69, 9.17) is 0 Å². The van der Waals surface area contributed by atoms with Crippen LogP contribution in [-0.2, 0) is 13.0 Å². The van der Waals surface area contributed by atoms with Gasteiger partial charge in [0.05, 0.1) is 6.10 Å². The van der Waals surface area contributed by atoms with Gasteiger partial charge in [-0.05, 0) is 50.4 Å². The van der Waals surface area contributed by atoms with E-state index in [1.54, 1.807) is 0 Å². The maximum Gasteiger partial charge on any atom is 0.111 e. The summed E-state index contributed by atoms with van der Waals surface area (Å²) in [6, 6.07) is 0. The van der Waals surface area contributed by atoms with Gasteiger partial charge in [-0.25, -0.2) is 4.98 Å². The molecule has 2 bridgehead atoms. The molecule has 4 unspecified atom stereocenters. The highest BCUT2D eigenvalue weighted by molar-refractivity contribution is 4.96. The summed E-state index contributed by atoms with van der Waals surface area (Å²) in [5.74, 6) is 3.71. The average molecular weight is 248 g/mol. The summed E-state index contributed by atoms with van der Waals surface area (Å²) in [6.07, 6.45) is 11.0. The van der Waals surface area contributed by atoms with Gasteiger partial charge in [0.1, 0.15) is 5.82 Å². The maximum atomic E-state index is 10.3. The second kappa shape index (κ2) is 5.04. The summed E-state index contributed by atoms with van der Waals surface area (Å²) in [5, 5.41) is 10.3. The van der Waals surface area contributed by atoms with Gasteiger partial charge < -0.3 is 9.67 Å². The number of aromatic nitrogens is 2. The van der Waals surface area contributed by atoms with Crippen LogP contribution >= 0.6 is 0 Å².